The molecule has 0 N–H and O–H groups in total. The van der Waals surface area contributed by atoms with Crippen LogP contribution in [0.25, 0.3) is 33.7 Å². The predicted molar refractivity (Wildman–Crippen MR) is 182 cm³/mol. The Labute approximate surface area is 268 Å². The van der Waals surface area contributed by atoms with Crippen molar-refractivity contribution in [3.8, 4) is 0 Å². The molecule has 0 aliphatic heterocycles. The van der Waals surface area contributed by atoms with Crippen LogP contribution in [0.15, 0.2) is 90.5 Å². The van der Waals surface area contributed by atoms with E-state index in [9.17, 15) is 0 Å². The van der Waals surface area contributed by atoms with Crippen molar-refractivity contribution in [2.45, 2.75) is 79.1 Å². The minimum atomic E-state index is 0.152. The average molecular weight is 628 g/mol. The van der Waals surface area contributed by atoms with Gasteiger partial charge in [0, 0.05) is 10.8 Å². The van der Waals surface area contributed by atoms with Gasteiger partial charge in [-0.3, -0.25) is 6.08 Å². The number of hydrogen-bond donors (Lipinski definition) is 0. The zero-order valence-corrected chi connectivity index (χ0v) is 29.1. The van der Waals surface area contributed by atoms with Gasteiger partial charge in [0.15, 0.2) is 0 Å². The molecule has 0 saturated heterocycles. The molecule has 0 spiro atoms. The second-order valence-corrected chi connectivity index (χ2v) is 15.5. The number of benzene rings is 3. The van der Waals surface area contributed by atoms with Crippen molar-refractivity contribution in [3.05, 3.63) is 124 Å². The van der Waals surface area contributed by atoms with Crippen molar-refractivity contribution < 1.29 is 24.2 Å². The molecule has 0 aromatic heterocycles. The number of fused-ring (bicyclic) bond motifs is 5. The third-order valence-corrected chi connectivity index (χ3v) is 10.4. The van der Waals surface area contributed by atoms with Gasteiger partial charge in [0.2, 0.25) is 0 Å². The van der Waals surface area contributed by atoms with Crippen LogP contribution in [0.5, 0.6) is 0 Å². The zero-order valence-electron chi connectivity index (χ0n) is 26.7. The zero-order chi connectivity index (χ0) is 30.3. The van der Waals surface area contributed by atoms with E-state index in [4.69, 9.17) is 0 Å². The molecule has 4 aromatic rings. The molecule has 42 heavy (non-hydrogen) atoms. The van der Waals surface area contributed by atoms with Crippen LogP contribution in [0.2, 0.25) is 0 Å². The van der Waals surface area contributed by atoms with Crippen molar-refractivity contribution >= 4 is 36.9 Å². The summed E-state index contributed by atoms with van der Waals surface area (Å²) in [5.74, 6) is 0. The van der Waals surface area contributed by atoms with Gasteiger partial charge in [-0.2, -0.15) is 11.6 Å². The summed E-state index contributed by atoms with van der Waals surface area (Å²) in [7, 11) is 0. The van der Waals surface area contributed by atoms with Crippen LogP contribution >= 0.6 is 0 Å². The Hall–Kier alpha value is -2.76. The molecule has 0 nitrogen and oxygen atoms in total. The van der Waals surface area contributed by atoms with E-state index >= 15 is 0 Å². The normalized spacial score (nSPS) is 17.0. The summed E-state index contributed by atoms with van der Waals surface area (Å²) in [6.07, 6.45) is 18.9. The first-order valence-electron chi connectivity index (χ1n) is 15.3. The van der Waals surface area contributed by atoms with E-state index in [1.54, 1.807) is 3.21 Å². The molecule has 0 saturated carbocycles. The summed E-state index contributed by atoms with van der Waals surface area (Å²) >= 11 is 1.54. The van der Waals surface area contributed by atoms with Gasteiger partial charge >= 0.3 is 76.7 Å². The van der Waals surface area contributed by atoms with E-state index in [0.29, 0.717) is 5.41 Å². The molecule has 3 aliphatic carbocycles. The van der Waals surface area contributed by atoms with Crippen LogP contribution in [-0.4, -0.2) is 3.21 Å². The van der Waals surface area contributed by atoms with Gasteiger partial charge in [0.25, 0.3) is 0 Å². The summed E-state index contributed by atoms with van der Waals surface area (Å²) in [6, 6.07) is 22.5. The molecule has 0 fully saturated rings. The summed E-state index contributed by atoms with van der Waals surface area (Å²) in [5.41, 5.74) is 9.12. The second kappa shape index (κ2) is 11.7. The fourth-order valence-corrected chi connectivity index (χ4v) is 6.48. The van der Waals surface area contributed by atoms with Gasteiger partial charge in [-0.15, -0.1) is 46.2 Å². The van der Waals surface area contributed by atoms with Crippen LogP contribution in [0.3, 0.4) is 0 Å². The molecule has 4 aromatic carbocycles. The standard InChI is InChI=1S/C23H21.C9H13.C9H10.Zr/c1-22(2)7-5-14-10-18-16(12-20(14)22)9-17-13-21-15(11-19(17)18)6-8-23(21,3)4;1-9(2,3)8-6-4-5-7-8;1-2-6-9-7-4-3-5-8-9;/h5-13H,1-4H3;6-7H,4H2,1-3H3;3-5,7-8H,2H2,1H3;/q2*-1;;+2. The van der Waals surface area contributed by atoms with E-state index in [0.717, 1.165) is 6.42 Å². The Morgan fingerprint density at radius 2 is 1.36 bits per heavy atom. The molecular weight excluding hydrogens is 584 g/mol. The maximum absolute atomic E-state index is 3.16. The summed E-state index contributed by atoms with van der Waals surface area (Å²) in [5, 5.41) is 5.53. The van der Waals surface area contributed by atoms with Crippen LogP contribution < -0.4 is 0 Å². The monoisotopic (exact) mass is 626 g/mol. The quantitative estimate of drug-likeness (QED) is 0.194. The summed E-state index contributed by atoms with van der Waals surface area (Å²) in [6.45, 7) is 18.1. The predicted octanol–water partition coefficient (Wildman–Crippen LogP) is 11.2. The van der Waals surface area contributed by atoms with E-state index in [-0.39, 0.29) is 10.8 Å². The second-order valence-electron chi connectivity index (χ2n) is 14.0. The molecule has 7 rings (SSSR count). The van der Waals surface area contributed by atoms with Crippen LogP contribution in [0.1, 0.15) is 96.0 Å². The van der Waals surface area contributed by atoms with Gasteiger partial charge in [0.1, 0.15) is 0 Å². The first-order valence-corrected chi connectivity index (χ1v) is 16.5. The summed E-state index contributed by atoms with van der Waals surface area (Å²) < 4.78 is 1.55. The Morgan fingerprint density at radius 3 is 1.76 bits per heavy atom. The van der Waals surface area contributed by atoms with E-state index in [1.165, 1.54) is 85.6 Å². The first kappa shape index (κ1) is 30.7. The maximum atomic E-state index is 3.16. The molecule has 0 bridgehead atoms. The van der Waals surface area contributed by atoms with Crippen LogP contribution in [0.4, 0.5) is 0 Å². The van der Waals surface area contributed by atoms with Crippen molar-refractivity contribution in [2.75, 3.05) is 0 Å². The van der Waals surface area contributed by atoms with Crippen molar-refractivity contribution in [1.29, 1.82) is 0 Å². The molecule has 0 atom stereocenters. The third-order valence-electron chi connectivity index (χ3n) is 8.83. The number of rotatable bonds is 2. The van der Waals surface area contributed by atoms with Crippen molar-refractivity contribution in [2.24, 2.45) is 5.41 Å². The van der Waals surface area contributed by atoms with E-state index < -0.39 is 0 Å². The van der Waals surface area contributed by atoms with Gasteiger partial charge in [-0.1, -0.05) is 101 Å². The van der Waals surface area contributed by atoms with Gasteiger partial charge in [-0.05, 0) is 11.1 Å². The number of allylic oxidation sites excluding steroid dienone is 6. The molecule has 0 amide bonds. The van der Waals surface area contributed by atoms with Gasteiger partial charge in [-0.25, -0.2) is 6.08 Å². The summed E-state index contributed by atoms with van der Waals surface area (Å²) in [4.78, 5) is 0. The molecule has 212 valence electrons. The average Bonchev–Trinajstić information content (AvgIpc) is 3.74. The van der Waals surface area contributed by atoms with E-state index in [2.05, 4.69) is 159 Å². The fraction of sp³-hybridized carbons (Fsp3) is 0.317. The molecule has 0 unspecified atom stereocenters. The third kappa shape index (κ3) is 6.28. The molecule has 0 radical (unpaired) electrons. The first-order chi connectivity index (χ1) is 19.8. The van der Waals surface area contributed by atoms with Crippen molar-refractivity contribution in [3.63, 3.8) is 0 Å². The Bertz CT molecular complexity index is 1670. The van der Waals surface area contributed by atoms with Crippen LogP contribution in [-0.2, 0) is 35.1 Å². The Kier molecular flexibility index (Phi) is 8.57. The van der Waals surface area contributed by atoms with Gasteiger partial charge in [0.05, 0.1) is 0 Å². The van der Waals surface area contributed by atoms with Crippen LogP contribution in [0, 0.1) is 11.5 Å². The minimum absolute atomic E-state index is 0.152. The van der Waals surface area contributed by atoms with Gasteiger partial charge < -0.3 is 0 Å². The van der Waals surface area contributed by atoms with Crippen molar-refractivity contribution in [1.82, 2.24) is 0 Å². The number of hydrogen-bond acceptors (Lipinski definition) is 0. The Balaban J connectivity index is 0.000000154. The molecular formula is C41H44Zr. The molecule has 3 aliphatic rings. The SMILES string of the molecule is CC(C)(C)C1=CC[C-]=C1.CC1(C)C=Cc2cc3c(cc21)[cH-]c1cc2c(cc13)C=CC2(C)C.CC[C](=[Zr+2])c1ccccc1. The molecule has 1 heteroatoms. The molecule has 0 heterocycles. The topological polar surface area (TPSA) is 0 Å². The van der Waals surface area contributed by atoms with E-state index in [1.807, 2.05) is 0 Å². The fourth-order valence-electron chi connectivity index (χ4n) is 6.07. The Morgan fingerprint density at radius 1 is 0.833 bits per heavy atom.